The van der Waals surface area contributed by atoms with Crippen LogP contribution in [0.15, 0.2) is 67.0 Å². The molecule has 1 aliphatic heterocycles. The first kappa shape index (κ1) is 18.1. The van der Waals surface area contributed by atoms with Crippen molar-refractivity contribution in [1.29, 1.82) is 0 Å². The van der Waals surface area contributed by atoms with Crippen LogP contribution in [0.4, 0.5) is 5.69 Å². The van der Waals surface area contributed by atoms with Gasteiger partial charge in [0.1, 0.15) is 6.33 Å². The highest BCUT2D eigenvalue weighted by Crippen LogP contribution is 2.20. The highest BCUT2D eigenvalue weighted by molar-refractivity contribution is 5.95. The Morgan fingerprint density at radius 3 is 2.89 bits per heavy atom. The lowest BCUT2D eigenvalue weighted by Crippen LogP contribution is -2.39. The van der Waals surface area contributed by atoms with E-state index in [1.165, 1.54) is 11.9 Å². The van der Waals surface area contributed by atoms with Gasteiger partial charge in [-0.1, -0.05) is 48.6 Å². The smallest absolute Gasteiger partial charge is 0.241 e. The molecule has 2 aromatic carbocycles. The molecule has 0 spiro atoms. The molecule has 0 saturated carbocycles. The van der Waals surface area contributed by atoms with Gasteiger partial charge in [0, 0.05) is 12.2 Å². The van der Waals surface area contributed by atoms with Gasteiger partial charge < -0.3 is 5.32 Å². The first-order valence-electron chi connectivity index (χ1n) is 9.39. The zero-order chi connectivity index (χ0) is 19.2. The van der Waals surface area contributed by atoms with Crippen LogP contribution in [-0.2, 0) is 4.79 Å². The van der Waals surface area contributed by atoms with Crippen molar-refractivity contribution >= 4 is 17.7 Å². The van der Waals surface area contributed by atoms with Gasteiger partial charge in [-0.3, -0.25) is 9.69 Å². The molecular formula is C21H22N6O. The number of amides is 1. The highest BCUT2D eigenvalue weighted by atomic mass is 16.2. The van der Waals surface area contributed by atoms with Crippen LogP contribution in [0.3, 0.4) is 0 Å². The maximum atomic E-state index is 12.8. The molecule has 0 radical (unpaired) electrons. The van der Waals surface area contributed by atoms with Crippen molar-refractivity contribution < 1.29 is 4.79 Å². The lowest BCUT2D eigenvalue weighted by atomic mass is 10.2. The van der Waals surface area contributed by atoms with Gasteiger partial charge in [0.05, 0.1) is 11.7 Å². The summed E-state index contributed by atoms with van der Waals surface area (Å²) in [5.41, 5.74) is 2.71. The van der Waals surface area contributed by atoms with Gasteiger partial charge in [-0.25, -0.2) is 4.68 Å². The SMILES string of the molecule is O=C(Nc1cccc(-n2cnnn2)c1)[C@@H]1CCCN1C/C=C/c1ccccc1. The summed E-state index contributed by atoms with van der Waals surface area (Å²) in [5, 5.41) is 14.2. The minimum atomic E-state index is -0.114. The Labute approximate surface area is 163 Å². The van der Waals surface area contributed by atoms with E-state index in [4.69, 9.17) is 0 Å². The van der Waals surface area contributed by atoms with E-state index in [-0.39, 0.29) is 11.9 Å². The molecule has 1 fully saturated rings. The summed E-state index contributed by atoms with van der Waals surface area (Å²) >= 11 is 0. The number of hydrogen-bond donors (Lipinski definition) is 1. The second-order valence-corrected chi connectivity index (χ2v) is 6.76. The molecule has 0 unspecified atom stereocenters. The van der Waals surface area contributed by atoms with Crippen LogP contribution in [0.1, 0.15) is 18.4 Å². The average molecular weight is 374 g/mol. The van der Waals surface area contributed by atoms with Gasteiger partial charge in [-0.15, -0.1) is 5.10 Å². The van der Waals surface area contributed by atoms with E-state index < -0.39 is 0 Å². The summed E-state index contributed by atoms with van der Waals surface area (Å²) < 4.78 is 1.56. The summed E-state index contributed by atoms with van der Waals surface area (Å²) in [5.74, 6) is 0.0273. The molecule has 1 N–H and O–H groups in total. The maximum Gasteiger partial charge on any atom is 0.241 e. The van der Waals surface area contributed by atoms with Crippen LogP contribution in [-0.4, -0.2) is 50.1 Å². The minimum absolute atomic E-state index is 0.0273. The fraction of sp³-hybridized carbons (Fsp3) is 0.238. The normalized spacial score (nSPS) is 17.2. The van der Waals surface area contributed by atoms with Gasteiger partial charge in [0.25, 0.3) is 0 Å². The number of carbonyl (C=O) groups excluding carboxylic acids is 1. The number of nitrogens with zero attached hydrogens (tertiary/aromatic N) is 5. The number of benzene rings is 2. The largest absolute Gasteiger partial charge is 0.325 e. The molecule has 0 bridgehead atoms. The number of hydrogen-bond acceptors (Lipinski definition) is 5. The Kier molecular flexibility index (Phi) is 5.53. The van der Waals surface area contributed by atoms with E-state index in [1.807, 2.05) is 42.5 Å². The second-order valence-electron chi connectivity index (χ2n) is 6.76. The summed E-state index contributed by atoms with van der Waals surface area (Å²) in [6.45, 7) is 1.69. The summed E-state index contributed by atoms with van der Waals surface area (Å²) in [4.78, 5) is 15.1. The van der Waals surface area contributed by atoms with E-state index in [1.54, 1.807) is 4.68 Å². The van der Waals surface area contributed by atoms with Crippen molar-refractivity contribution in [2.45, 2.75) is 18.9 Å². The third kappa shape index (κ3) is 4.32. The van der Waals surface area contributed by atoms with Crippen LogP contribution in [0.2, 0.25) is 0 Å². The number of carbonyl (C=O) groups is 1. The molecule has 0 aliphatic carbocycles. The number of anilines is 1. The van der Waals surface area contributed by atoms with Crippen molar-refractivity contribution in [3.05, 3.63) is 72.6 Å². The standard InChI is InChI=1S/C21H22N6O/c28-21(23-18-10-4-11-19(15-18)27-16-22-24-25-27)20-12-6-14-26(20)13-5-9-17-7-2-1-3-8-17/h1-5,7-11,15-16,20H,6,12-14H2,(H,23,28)/b9-5+/t20-/m0/s1. The maximum absolute atomic E-state index is 12.8. The zero-order valence-corrected chi connectivity index (χ0v) is 15.5. The van der Waals surface area contributed by atoms with E-state index in [0.717, 1.165) is 37.3 Å². The summed E-state index contributed by atoms with van der Waals surface area (Å²) in [7, 11) is 0. The predicted octanol–water partition coefficient (Wildman–Crippen LogP) is 2.78. The Morgan fingerprint density at radius 2 is 2.07 bits per heavy atom. The topological polar surface area (TPSA) is 75.9 Å². The first-order chi connectivity index (χ1) is 13.8. The first-order valence-corrected chi connectivity index (χ1v) is 9.39. The Bertz CT molecular complexity index is 939. The number of tetrazole rings is 1. The van der Waals surface area contributed by atoms with E-state index in [0.29, 0.717) is 0 Å². The molecule has 142 valence electrons. The summed E-state index contributed by atoms with van der Waals surface area (Å²) in [6, 6.07) is 17.6. The number of likely N-dealkylation sites (tertiary alicyclic amines) is 1. The molecule has 1 saturated heterocycles. The Balaban J connectivity index is 1.38. The number of rotatable bonds is 6. The van der Waals surface area contributed by atoms with E-state index in [9.17, 15) is 4.79 Å². The van der Waals surface area contributed by atoms with Crippen molar-refractivity contribution in [1.82, 2.24) is 25.1 Å². The Morgan fingerprint density at radius 1 is 1.18 bits per heavy atom. The van der Waals surface area contributed by atoms with Crippen molar-refractivity contribution in [2.24, 2.45) is 0 Å². The van der Waals surface area contributed by atoms with Crippen molar-refractivity contribution in [3.63, 3.8) is 0 Å². The third-order valence-electron chi connectivity index (χ3n) is 4.84. The van der Waals surface area contributed by atoms with E-state index in [2.05, 4.69) is 50.0 Å². The molecule has 28 heavy (non-hydrogen) atoms. The fourth-order valence-corrected chi connectivity index (χ4v) is 3.46. The molecule has 7 heteroatoms. The van der Waals surface area contributed by atoms with Crippen molar-refractivity contribution in [3.8, 4) is 5.69 Å². The van der Waals surface area contributed by atoms with Crippen LogP contribution in [0.5, 0.6) is 0 Å². The monoisotopic (exact) mass is 374 g/mol. The van der Waals surface area contributed by atoms with Gasteiger partial charge in [-0.2, -0.15) is 0 Å². The van der Waals surface area contributed by atoms with Crippen LogP contribution in [0.25, 0.3) is 11.8 Å². The lowest BCUT2D eigenvalue weighted by Gasteiger charge is -2.22. The molecule has 1 aromatic heterocycles. The summed E-state index contributed by atoms with van der Waals surface area (Å²) in [6.07, 6.45) is 7.65. The van der Waals surface area contributed by atoms with Crippen LogP contribution >= 0.6 is 0 Å². The zero-order valence-electron chi connectivity index (χ0n) is 15.5. The van der Waals surface area contributed by atoms with Crippen LogP contribution < -0.4 is 5.32 Å². The average Bonchev–Trinajstić information content (AvgIpc) is 3.41. The predicted molar refractivity (Wildman–Crippen MR) is 108 cm³/mol. The van der Waals surface area contributed by atoms with Crippen LogP contribution in [0, 0.1) is 0 Å². The molecule has 1 aliphatic rings. The van der Waals surface area contributed by atoms with Gasteiger partial charge in [0.2, 0.25) is 5.91 Å². The lowest BCUT2D eigenvalue weighted by molar-refractivity contribution is -0.120. The quantitative estimate of drug-likeness (QED) is 0.718. The number of nitrogens with one attached hydrogen (secondary N) is 1. The Hall–Kier alpha value is -3.32. The molecule has 1 amide bonds. The minimum Gasteiger partial charge on any atom is -0.325 e. The highest BCUT2D eigenvalue weighted by Gasteiger charge is 2.29. The third-order valence-corrected chi connectivity index (χ3v) is 4.84. The molecule has 4 rings (SSSR count). The molecule has 3 aromatic rings. The molecule has 7 nitrogen and oxygen atoms in total. The van der Waals surface area contributed by atoms with E-state index >= 15 is 0 Å². The molecule has 2 heterocycles. The molecule has 1 atom stereocenters. The van der Waals surface area contributed by atoms with Crippen molar-refractivity contribution in [2.75, 3.05) is 18.4 Å². The number of aromatic nitrogens is 4. The van der Waals surface area contributed by atoms with Gasteiger partial charge >= 0.3 is 0 Å². The van der Waals surface area contributed by atoms with Gasteiger partial charge in [-0.05, 0) is 53.6 Å². The fourth-order valence-electron chi connectivity index (χ4n) is 3.46. The molecular weight excluding hydrogens is 352 g/mol. The second kappa shape index (κ2) is 8.58. The van der Waals surface area contributed by atoms with Gasteiger partial charge in [0.15, 0.2) is 0 Å².